The smallest absolute Gasteiger partial charge is 0.330 e. The summed E-state index contributed by atoms with van der Waals surface area (Å²) in [5.41, 5.74) is 2.11. The minimum absolute atomic E-state index is 0.254. The summed E-state index contributed by atoms with van der Waals surface area (Å²) in [6.45, 7) is 5.88. The number of carbonyl (C=O) groups excluding carboxylic acids is 4. The van der Waals surface area contributed by atoms with Crippen LogP contribution in [-0.2, 0) is 19.1 Å². The second-order valence-corrected chi connectivity index (χ2v) is 8.52. The molecular formula is C25H27N3O6. The van der Waals surface area contributed by atoms with Gasteiger partial charge in [-0.1, -0.05) is 26.0 Å². The molecule has 1 atom stereocenters. The van der Waals surface area contributed by atoms with Crippen LogP contribution in [0, 0.1) is 5.92 Å². The lowest BCUT2D eigenvalue weighted by Gasteiger charge is -2.29. The van der Waals surface area contributed by atoms with Crippen molar-refractivity contribution in [1.82, 2.24) is 4.90 Å². The minimum Gasteiger partial charge on any atom is -0.454 e. The summed E-state index contributed by atoms with van der Waals surface area (Å²) in [7, 11) is 0. The molecule has 0 saturated carbocycles. The lowest BCUT2D eigenvalue weighted by Crippen LogP contribution is -2.49. The third kappa shape index (κ3) is 4.79. The second kappa shape index (κ2) is 10.0. The molecule has 0 unspecified atom stereocenters. The van der Waals surface area contributed by atoms with Crippen LogP contribution < -0.4 is 10.2 Å². The van der Waals surface area contributed by atoms with Crippen LogP contribution in [0.15, 0.2) is 48.5 Å². The summed E-state index contributed by atoms with van der Waals surface area (Å²) in [6, 6.07) is 12.7. The zero-order valence-corrected chi connectivity index (χ0v) is 19.2. The van der Waals surface area contributed by atoms with Crippen LogP contribution in [0.3, 0.4) is 0 Å². The number of amides is 3. The van der Waals surface area contributed by atoms with Gasteiger partial charge in [0.05, 0.1) is 24.3 Å². The van der Waals surface area contributed by atoms with E-state index in [0.29, 0.717) is 18.9 Å². The molecule has 2 aromatic carbocycles. The highest BCUT2D eigenvalue weighted by Crippen LogP contribution is 2.27. The topological polar surface area (TPSA) is 105 Å². The van der Waals surface area contributed by atoms with Gasteiger partial charge in [0, 0.05) is 24.5 Å². The Labute approximate surface area is 197 Å². The maximum atomic E-state index is 12.8. The molecular weight excluding hydrogens is 438 g/mol. The first-order valence-corrected chi connectivity index (χ1v) is 11.2. The quantitative estimate of drug-likeness (QED) is 0.494. The van der Waals surface area contributed by atoms with Crippen molar-refractivity contribution >= 4 is 35.1 Å². The third-order valence-corrected chi connectivity index (χ3v) is 5.85. The molecule has 0 radical (unpaired) electrons. The zero-order valence-electron chi connectivity index (χ0n) is 19.2. The van der Waals surface area contributed by atoms with Gasteiger partial charge >= 0.3 is 5.97 Å². The van der Waals surface area contributed by atoms with Gasteiger partial charge in [0.25, 0.3) is 17.7 Å². The maximum Gasteiger partial charge on any atom is 0.330 e. The molecule has 2 heterocycles. The average Bonchev–Trinajstić information content (AvgIpc) is 3.09. The van der Waals surface area contributed by atoms with Crippen LogP contribution in [0.4, 0.5) is 11.4 Å². The standard InChI is InChI=1S/C25H27N3O6/c1-16(2)22(28-23(30)19-5-3-4-6-20(19)24(28)31)25(32)34-15-21(29)26-17-7-9-18(10-8-17)27-11-13-33-14-12-27/h3-10,16,22H,11-15H2,1-2H3,(H,26,29)/t22-/m0/s1. The summed E-state index contributed by atoms with van der Waals surface area (Å²) in [6.07, 6.45) is 0. The fourth-order valence-corrected chi connectivity index (χ4v) is 4.13. The van der Waals surface area contributed by atoms with Gasteiger partial charge in [-0.15, -0.1) is 0 Å². The zero-order chi connectivity index (χ0) is 24.2. The van der Waals surface area contributed by atoms with E-state index in [1.165, 1.54) is 0 Å². The number of fused-ring (bicyclic) bond motifs is 1. The Balaban J connectivity index is 1.35. The van der Waals surface area contributed by atoms with Gasteiger partial charge in [0.2, 0.25) is 0 Å². The fraction of sp³-hybridized carbons (Fsp3) is 0.360. The van der Waals surface area contributed by atoms with E-state index >= 15 is 0 Å². The van der Waals surface area contributed by atoms with E-state index in [4.69, 9.17) is 9.47 Å². The predicted octanol–water partition coefficient (Wildman–Crippen LogP) is 2.33. The van der Waals surface area contributed by atoms with Crippen molar-refractivity contribution in [3.8, 4) is 0 Å². The largest absolute Gasteiger partial charge is 0.454 e. The highest BCUT2D eigenvalue weighted by Gasteiger charge is 2.44. The SMILES string of the molecule is CC(C)[C@@H](C(=O)OCC(=O)Nc1ccc(N2CCOCC2)cc1)N1C(=O)c2ccccc2C1=O. The molecule has 1 N–H and O–H groups in total. The van der Waals surface area contributed by atoms with Crippen molar-refractivity contribution in [1.29, 1.82) is 0 Å². The summed E-state index contributed by atoms with van der Waals surface area (Å²) in [4.78, 5) is 53.9. The van der Waals surface area contributed by atoms with Gasteiger partial charge in [-0.3, -0.25) is 19.3 Å². The summed E-state index contributed by atoms with van der Waals surface area (Å²) >= 11 is 0. The maximum absolute atomic E-state index is 12.8. The Morgan fingerprint density at radius 2 is 1.56 bits per heavy atom. The molecule has 9 nitrogen and oxygen atoms in total. The summed E-state index contributed by atoms with van der Waals surface area (Å²) in [5, 5.41) is 2.69. The van der Waals surface area contributed by atoms with Crippen LogP contribution >= 0.6 is 0 Å². The van der Waals surface area contributed by atoms with Crippen LogP contribution in [0.1, 0.15) is 34.6 Å². The van der Waals surface area contributed by atoms with Gasteiger partial charge in [-0.25, -0.2) is 4.79 Å². The van der Waals surface area contributed by atoms with Crippen molar-refractivity contribution < 1.29 is 28.7 Å². The van der Waals surface area contributed by atoms with Crippen LogP contribution in [0.25, 0.3) is 0 Å². The van der Waals surface area contributed by atoms with Crippen molar-refractivity contribution in [3.63, 3.8) is 0 Å². The van der Waals surface area contributed by atoms with Gasteiger partial charge < -0.3 is 19.7 Å². The van der Waals surface area contributed by atoms with Crippen molar-refractivity contribution in [2.45, 2.75) is 19.9 Å². The Bertz CT molecular complexity index is 1060. The van der Waals surface area contributed by atoms with Crippen LogP contribution in [0.5, 0.6) is 0 Å². The number of carbonyl (C=O) groups is 4. The van der Waals surface area contributed by atoms with E-state index < -0.39 is 42.3 Å². The number of nitrogens with zero attached hydrogens (tertiary/aromatic N) is 2. The highest BCUT2D eigenvalue weighted by atomic mass is 16.5. The van der Waals surface area contributed by atoms with Crippen LogP contribution in [0.2, 0.25) is 0 Å². The number of rotatable bonds is 7. The first-order chi connectivity index (χ1) is 16.4. The lowest BCUT2D eigenvalue weighted by molar-refractivity contribution is -0.152. The molecule has 34 heavy (non-hydrogen) atoms. The van der Waals surface area contributed by atoms with Gasteiger partial charge in [0.15, 0.2) is 6.61 Å². The van der Waals surface area contributed by atoms with E-state index in [9.17, 15) is 19.2 Å². The van der Waals surface area contributed by atoms with Gasteiger partial charge in [-0.05, 0) is 42.3 Å². The fourth-order valence-electron chi connectivity index (χ4n) is 4.13. The molecule has 2 aromatic rings. The van der Waals surface area contributed by atoms with Crippen molar-refractivity contribution in [2.24, 2.45) is 5.92 Å². The third-order valence-electron chi connectivity index (χ3n) is 5.85. The van der Waals surface area contributed by atoms with E-state index in [1.54, 1.807) is 50.2 Å². The summed E-state index contributed by atoms with van der Waals surface area (Å²) in [5.74, 6) is -2.80. The first-order valence-electron chi connectivity index (χ1n) is 11.2. The Morgan fingerprint density at radius 3 is 2.12 bits per heavy atom. The molecule has 0 spiro atoms. The number of anilines is 2. The Morgan fingerprint density at radius 1 is 0.971 bits per heavy atom. The van der Waals surface area contributed by atoms with Crippen molar-refractivity contribution in [3.05, 3.63) is 59.7 Å². The molecule has 1 fully saturated rings. The van der Waals surface area contributed by atoms with E-state index in [-0.39, 0.29) is 11.1 Å². The predicted molar refractivity (Wildman–Crippen MR) is 125 cm³/mol. The highest BCUT2D eigenvalue weighted by molar-refractivity contribution is 6.22. The molecule has 3 amide bonds. The second-order valence-electron chi connectivity index (χ2n) is 8.52. The molecule has 1 saturated heterocycles. The number of benzene rings is 2. The number of hydrogen-bond acceptors (Lipinski definition) is 7. The normalized spacial score (nSPS) is 16.4. The number of esters is 1. The van der Waals surface area contributed by atoms with Gasteiger partial charge in [-0.2, -0.15) is 0 Å². The van der Waals surface area contributed by atoms with E-state index in [0.717, 1.165) is 23.7 Å². The lowest BCUT2D eigenvalue weighted by atomic mass is 10.0. The number of hydrogen-bond donors (Lipinski definition) is 1. The van der Waals surface area contributed by atoms with Crippen LogP contribution in [-0.4, -0.2) is 67.5 Å². The molecule has 0 aromatic heterocycles. The average molecular weight is 466 g/mol. The van der Waals surface area contributed by atoms with Gasteiger partial charge in [0.1, 0.15) is 6.04 Å². The number of morpholine rings is 1. The van der Waals surface area contributed by atoms with E-state index in [1.807, 2.05) is 12.1 Å². The summed E-state index contributed by atoms with van der Waals surface area (Å²) < 4.78 is 10.6. The molecule has 0 aliphatic carbocycles. The molecule has 0 bridgehead atoms. The monoisotopic (exact) mass is 465 g/mol. The number of imide groups is 1. The molecule has 2 aliphatic heterocycles. The molecule has 4 rings (SSSR count). The molecule has 2 aliphatic rings. The Hall–Kier alpha value is -3.72. The van der Waals surface area contributed by atoms with Crippen molar-refractivity contribution in [2.75, 3.05) is 43.1 Å². The molecule has 9 heteroatoms. The Kier molecular flexibility index (Phi) is 6.93. The van der Waals surface area contributed by atoms with E-state index in [2.05, 4.69) is 10.2 Å². The first kappa shape index (κ1) is 23.4. The number of ether oxygens (including phenoxy) is 2. The molecule has 178 valence electrons. The minimum atomic E-state index is -1.13. The number of nitrogens with one attached hydrogen (secondary N) is 1.